The predicted octanol–water partition coefficient (Wildman–Crippen LogP) is 3.96. The normalized spacial score (nSPS) is 13.1. The molecule has 0 radical (unpaired) electrons. The molecule has 0 spiro atoms. The molecule has 1 aromatic heterocycles. The fraction of sp³-hybridized carbons (Fsp3) is 0.500. The molecule has 0 saturated heterocycles. The molecule has 0 fully saturated rings. The van der Waals surface area contributed by atoms with Gasteiger partial charge in [-0.25, -0.2) is 9.37 Å². The van der Waals surface area contributed by atoms with Crippen LogP contribution in [0.1, 0.15) is 12.7 Å². The predicted molar refractivity (Wildman–Crippen MR) is 81.7 cm³/mol. The van der Waals surface area contributed by atoms with Crippen LogP contribution >= 0.6 is 23.4 Å². The number of hydrogen-bond acceptors (Lipinski definition) is 2. The third-order valence-electron chi connectivity index (χ3n) is 3.05. The molecule has 1 heterocycles. The van der Waals surface area contributed by atoms with Gasteiger partial charge in [0, 0.05) is 24.9 Å². The van der Waals surface area contributed by atoms with Crippen LogP contribution in [0.4, 0.5) is 4.39 Å². The fourth-order valence-electron chi connectivity index (χ4n) is 2.28. The first-order chi connectivity index (χ1) is 9.15. The molecule has 0 bridgehead atoms. The van der Waals surface area contributed by atoms with Crippen LogP contribution in [-0.4, -0.2) is 27.4 Å². The van der Waals surface area contributed by atoms with E-state index in [0.29, 0.717) is 18.2 Å². The van der Waals surface area contributed by atoms with Gasteiger partial charge in [0.15, 0.2) is 0 Å². The molecule has 0 aliphatic carbocycles. The number of aryl methyl sites for hydroxylation is 1. The Morgan fingerprint density at radius 1 is 1.47 bits per heavy atom. The largest absolute Gasteiger partial charge is 0.328 e. The summed E-state index contributed by atoms with van der Waals surface area (Å²) in [7, 11) is 0. The van der Waals surface area contributed by atoms with Crippen molar-refractivity contribution in [3.63, 3.8) is 0 Å². The lowest BCUT2D eigenvalue weighted by atomic mass is 10.2. The van der Waals surface area contributed by atoms with Gasteiger partial charge in [-0.15, -0.1) is 11.6 Å². The maximum atomic E-state index is 13.3. The molecule has 1 atom stereocenters. The van der Waals surface area contributed by atoms with Gasteiger partial charge in [-0.05, 0) is 30.1 Å². The standard InChI is InChI=1S/C14H18ClFN2S/c1-10(9-19-2)8-18-13-4-3-11(16)7-12(13)17-14(18)5-6-15/h3-4,7,10H,5-6,8-9H2,1-2H3. The zero-order valence-electron chi connectivity index (χ0n) is 11.2. The zero-order chi connectivity index (χ0) is 13.8. The molecule has 1 unspecified atom stereocenters. The van der Waals surface area contributed by atoms with E-state index in [1.54, 1.807) is 6.07 Å². The first-order valence-corrected chi connectivity index (χ1v) is 8.28. The SMILES string of the molecule is CSCC(C)Cn1c(CCCl)nc2cc(F)ccc21. The Kier molecular flexibility index (Phi) is 5.11. The second kappa shape index (κ2) is 6.62. The molecule has 104 valence electrons. The summed E-state index contributed by atoms with van der Waals surface area (Å²) in [6, 6.07) is 4.79. The highest BCUT2D eigenvalue weighted by Gasteiger charge is 2.13. The van der Waals surface area contributed by atoms with Gasteiger partial charge < -0.3 is 4.57 Å². The summed E-state index contributed by atoms with van der Waals surface area (Å²) < 4.78 is 15.4. The van der Waals surface area contributed by atoms with Gasteiger partial charge in [-0.1, -0.05) is 6.92 Å². The number of alkyl halides is 1. The Hall–Kier alpha value is -0.740. The summed E-state index contributed by atoms with van der Waals surface area (Å²) in [5.41, 5.74) is 1.71. The second-order valence-corrected chi connectivity index (χ2v) is 6.06. The van der Waals surface area contributed by atoms with E-state index in [0.717, 1.165) is 29.2 Å². The monoisotopic (exact) mass is 300 g/mol. The molecule has 0 aliphatic rings. The van der Waals surface area contributed by atoms with Crippen molar-refractivity contribution in [2.75, 3.05) is 17.9 Å². The zero-order valence-corrected chi connectivity index (χ0v) is 12.8. The number of thioether (sulfide) groups is 1. The summed E-state index contributed by atoms with van der Waals surface area (Å²) >= 11 is 7.67. The minimum absolute atomic E-state index is 0.244. The third kappa shape index (κ3) is 3.42. The molecule has 0 saturated carbocycles. The van der Waals surface area contributed by atoms with E-state index >= 15 is 0 Å². The number of hydrogen-bond donors (Lipinski definition) is 0. The minimum atomic E-state index is -0.244. The van der Waals surface area contributed by atoms with Crippen molar-refractivity contribution < 1.29 is 4.39 Å². The minimum Gasteiger partial charge on any atom is -0.328 e. The molecule has 19 heavy (non-hydrogen) atoms. The lowest BCUT2D eigenvalue weighted by Crippen LogP contribution is -2.13. The van der Waals surface area contributed by atoms with Gasteiger partial charge in [0.2, 0.25) is 0 Å². The molecule has 0 N–H and O–H groups in total. The van der Waals surface area contributed by atoms with Gasteiger partial charge in [-0.2, -0.15) is 11.8 Å². The van der Waals surface area contributed by atoms with Crippen molar-refractivity contribution >= 4 is 34.4 Å². The maximum Gasteiger partial charge on any atom is 0.125 e. The summed E-state index contributed by atoms with van der Waals surface area (Å²) in [5.74, 6) is 2.88. The molecule has 0 amide bonds. The van der Waals surface area contributed by atoms with Crippen LogP contribution in [-0.2, 0) is 13.0 Å². The average molecular weight is 301 g/mol. The summed E-state index contributed by atoms with van der Waals surface area (Å²) in [6.07, 6.45) is 2.82. The Balaban J connectivity index is 2.39. The fourth-order valence-corrected chi connectivity index (χ4v) is 3.12. The Morgan fingerprint density at radius 2 is 2.26 bits per heavy atom. The van der Waals surface area contributed by atoms with E-state index in [4.69, 9.17) is 11.6 Å². The summed E-state index contributed by atoms with van der Waals surface area (Å²) in [5, 5.41) is 0. The topological polar surface area (TPSA) is 17.8 Å². The van der Waals surface area contributed by atoms with Crippen molar-refractivity contribution in [1.29, 1.82) is 0 Å². The molecule has 2 nitrogen and oxygen atoms in total. The molecule has 2 aromatic rings. The lowest BCUT2D eigenvalue weighted by molar-refractivity contribution is 0.526. The lowest BCUT2D eigenvalue weighted by Gasteiger charge is -2.14. The average Bonchev–Trinajstić information content (AvgIpc) is 2.67. The van der Waals surface area contributed by atoms with E-state index in [9.17, 15) is 4.39 Å². The van der Waals surface area contributed by atoms with E-state index in [2.05, 4.69) is 22.7 Å². The molecule has 1 aromatic carbocycles. The van der Waals surface area contributed by atoms with Crippen molar-refractivity contribution in [3.8, 4) is 0 Å². The Bertz CT molecular complexity index is 556. The quantitative estimate of drug-likeness (QED) is 0.752. The van der Waals surface area contributed by atoms with Crippen molar-refractivity contribution in [3.05, 3.63) is 29.8 Å². The molecular formula is C14H18ClFN2S. The van der Waals surface area contributed by atoms with E-state index < -0.39 is 0 Å². The van der Waals surface area contributed by atoms with Crippen LogP contribution in [0.25, 0.3) is 11.0 Å². The van der Waals surface area contributed by atoms with Gasteiger partial charge in [0.05, 0.1) is 11.0 Å². The summed E-state index contributed by atoms with van der Waals surface area (Å²) in [4.78, 5) is 4.51. The number of benzene rings is 1. The highest BCUT2D eigenvalue weighted by molar-refractivity contribution is 7.98. The van der Waals surface area contributed by atoms with Gasteiger partial charge in [0.1, 0.15) is 11.6 Å². The van der Waals surface area contributed by atoms with E-state index in [1.165, 1.54) is 12.1 Å². The van der Waals surface area contributed by atoms with Crippen molar-refractivity contribution in [1.82, 2.24) is 9.55 Å². The molecule has 5 heteroatoms. The number of rotatable bonds is 6. The van der Waals surface area contributed by atoms with E-state index in [1.807, 2.05) is 11.8 Å². The van der Waals surface area contributed by atoms with Gasteiger partial charge in [-0.3, -0.25) is 0 Å². The molecular weight excluding hydrogens is 283 g/mol. The van der Waals surface area contributed by atoms with Crippen LogP contribution in [0.15, 0.2) is 18.2 Å². The molecule has 0 aliphatic heterocycles. The number of fused-ring (bicyclic) bond motifs is 1. The number of halogens is 2. The highest BCUT2D eigenvalue weighted by atomic mass is 35.5. The maximum absolute atomic E-state index is 13.3. The second-order valence-electron chi connectivity index (χ2n) is 4.77. The first-order valence-electron chi connectivity index (χ1n) is 6.35. The first kappa shape index (κ1) is 14.7. The Morgan fingerprint density at radius 3 is 2.95 bits per heavy atom. The smallest absolute Gasteiger partial charge is 0.125 e. The van der Waals surface area contributed by atoms with Crippen molar-refractivity contribution in [2.24, 2.45) is 5.92 Å². The highest BCUT2D eigenvalue weighted by Crippen LogP contribution is 2.20. The van der Waals surface area contributed by atoms with Gasteiger partial charge >= 0.3 is 0 Å². The molecule has 2 rings (SSSR count). The number of nitrogens with zero attached hydrogens (tertiary/aromatic N) is 2. The van der Waals surface area contributed by atoms with Crippen LogP contribution in [0.5, 0.6) is 0 Å². The summed E-state index contributed by atoms with van der Waals surface area (Å²) in [6.45, 7) is 3.12. The van der Waals surface area contributed by atoms with Crippen LogP contribution in [0.2, 0.25) is 0 Å². The van der Waals surface area contributed by atoms with E-state index in [-0.39, 0.29) is 5.82 Å². The van der Waals surface area contributed by atoms with Gasteiger partial charge in [0.25, 0.3) is 0 Å². The number of aromatic nitrogens is 2. The van der Waals surface area contributed by atoms with Crippen LogP contribution in [0, 0.1) is 11.7 Å². The van der Waals surface area contributed by atoms with Crippen molar-refractivity contribution in [2.45, 2.75) is 19.9 Å². The van der Waals surface area contributed by atoms with Crippen LogP contribution in [0.3, 0.4) is 0 Å². The third-order valence-corrected chi connectivity index (χ3v) is 4.14. The van der Waals surface area contributed by atoms with Crippen LogP contribution < -0.4 is 0 Å². The number of imidazole rings is 1. The Labute approximate surface area is 122 Å².